The summed E-state index contributed by atoms with van der Waals surface area (Å²) in [5.41, 5.74) is 2.11. The fraction of sp³-hybridized carbons (Fsp3) is 0.304. The smallest absolute Gasteiger partial charge is 0.277 e. The van der Waals surface area contributed by atoms with E-state index in [1.54, 1.807) is 30.1 Å². The molecule has 0 fully saturated rings. The lowest BCUT2D eigenvalue weighted by Crippen LogP contribution is -2.37. The Morgan fingerprint density at radius 3 is 2.37 bits per heavy atom. The molecule has 5 nitrogen and oxygen atoms in total. The highest BCUT2D eigenvalue weighted by molar-refractivity contribution is 6.41. The lowest BCUT2D eigenvalue weighted by atomic mass is 10.0. The first-order valence-corrected chi connectivity index (χ1v) is 10.5. The van der Waals surface area contributed by atoms with E-state index in [1.165, 1.54) is 4.90 Å². The minimum Gasteiger partial charge on any atom is -0.377 e. The van der Waals surface area contributed by atoms with Crippen LogP contribution in [0.25, 0.3) is 5.57 Å². The molecule has 7 heteroatoms. The molecule has 2 aromatic rings. The Balaban J connectivity index is 1.99. The van der Waals surface area contributed by atoms with Gasteiger partial charge in [-0.3, -0.25) is 14.5 Å². The van der Waals surface area contributed by atoms with E-state index < -0.39 is 0 Å². The van der Waals surface area contributed by atoms with Crippen molar-refractivity contribution in [2.24, 2.45) is 0 Å². The van der Waals surface area contributed by atoms with Crippen molar-refractivity contribution >= 4 is 40.6 Å². The molecule has 0 spiro atoms. The fourth-order valence-electron chi connectivity index (χ4n) is 3.37. The van der Waals surface area contributed by atoms with Crippen molar-refractivity contribution in [3.63, 3.8) is 0 Å². The van der Waals surface area contributed by atoms with Crippen molar-refractivity contribution < 1.29 is 14.3 Å². The van der Waals surface area contributed by atoms with Gasteiger partial charge in [-0.1, -0.05) is 59.6 Å². The number of carbonyl (C=O) groups is 2. The maximum Gasteiger partial charge on any atom is 0.277 e. The van der Waals surface area contributed by atoms with Gasteiger partial charge in [0.05, 0.1) is 29.9 Å². The highest BCUT2D eigenvalue weighted by Gasteiger charge is 2.41. The summed E-state index contributed by atoms with van der Waals surface area (Å²) in [6.45, 7) is 4.73. The first kappa shape index (κ1) is 22.3. The average Bonchev–Trinajstić information content (AvgIpc) is 2.93. The Labute approximate surface area is 186 Å². The zero-order valence-electron chi connectivity index (χ0n) is 17.2. The summed E-state index contributed by atoms with van der Waals surface area (Å²) in [4.78, 5) is 29.5. The number of benzene rings is 2. The molecule has 30 heavy (non-hydrogen) atoms. The van der Waals surface area contributed by atoms with Crippen LogP contribution in [0, 0.1) is 0 Å². The van der Waals surface area contributed by atoms with E-state index in [9.17, 15) is 9.59 Å². The molecule has 0 saturated heterocycles. The predicted octanol–water partition coefficient (Wildman–Crippen LogP) is 4.63. The van der Waals surface area contributed by atoms with Crippen LogP contribution in [0.15, 0.2) is 54.2 Å². The van der Waals surface area contributed by atoms with Crippen molar-refractivity contribution in [3.8, 4) is 0 Å². The number of imide groups is 1. The van der Waals surface area contributed by atoms with Crippen LogP contribution in [0.3, 0.4) is 0 Å². The Bertz CT molecular complexity index is 974. The Kier molecular flexibility index (Phi) is 7.19. The standard InChI is InChI=1S/C23H24Cl2N2O3/c1-15(2)30-12-11-27-22(28)20(18-10-9-17(24)13-19(18)25)21(23(27)29)26(3)14-16-7-5-4-6-8-16/h4-10,13,15H,11-12,14H2,1-3H3. The molecule has 3 rings (SSSR count). The zero-order valence-corrected chi connectivity index (χ0v) is 18.7. The van der Waals surface area contributed by atoms with Gasteiger partial charge < -0.3 is 9.64 Å². The summed E-state index contributed by atoms with van der Waals surface area (Å²) in [5.74, 6) is -0.738. The first-order chi connectivity index (χ1) is 14.3. The molecular weight excluding hydrogens is 423 g/mol. The molecule has 0 N–H and O–H groups in total. The van der Waals surface area contributed by atoms with E-state index in [-0.39, 0.29) is 36.6 Å². The van der Waals surface area contributed by atoms with Gasteiger partial charge in [0.2, 0.25) is 0 Å². The maximum absolute atomic E-state index is 13.3. The minimum atomic E-state index is -0.383. The first-order valence-electron chi connectivity index (χ1n) is 9.72. The highest BCUT2D eigenvalue weighted by atomic mass is 35.5. The molecule has 1 heterocycles. The van der Waals surface area contributed by atoms with Gasteiger partial charge in [0.15, 0.2) is 0 Å². The average molecular weight is 447 g/mol. The van der Waals surface area contributed by atoms with Crippen molar-refractivity contribution in [3.05, 3.63) is 75.4 Å². The molecule has 2 amide bonds. The summed E-state index contributed by atoms with van der Waals surface area (Å²) < 4.78 is 5.55. The third-order valence-corrected chi connectivity index (χ3v) is 5.30. The van der Waals surface area contributed by atoms with Gasteiger partial charge in [-0.15, -0.1) is 0 Å². The van der Waals surface area contributed by atoms with Crippen LogP contribution in [-0.2, 0) is 20.9 Å². The second-order valence-electron chi connectivity index (χ2n) is 7.37. The summed E-state index contributed by atoms with van der Waals surface area (Å²) >= 11 is 12.4. The Morgan fingerprint density at radius 1 is 1.03 bits per heavy atom. The van der Waals surface area contributed by atoms with Crippen LogP contribution in [-0.4, -0.2) is 47.9 Å². The quantitative estimate of drug-likeness (QED) is 0.554. The van der Waals surface area contributed by atoms with E-state index in [4.69, 9.17) is 27.9 Å². The summed E-state index contributed by atoms with van der Waals surface area (Å²) in [6.07, 6.45) is 0.0103. The summed E-state index contributed by atoms with van der Waals surface area (Å²) in [7, 11) is 1.80. The number of nitrogens with zero attached hydrogens (tertiary/aromatic N) is 2. The van der Waals surface area contributed by atoms with Gasteiger partial charge in [0.1, 0.15) is 5.70 Å². The molecule has 1 aliphatic heterocycles. The van der Waals surface area contributed by atoms with Crippen LogP contribution in [0.4, 0.5) is 0 Å². The molecule has 0 aromatic heterocycles. The van der Waals surface area contributed by atoms with E-state index >= 15 is 0 Å². The van der Waals surface area contributed by atoms with Gasteiger partial charge >= 0.3 is 0 Å². The van der Waals surface area contributed by atoms with Gasteiger partial charge in [-0.05, 0) is 31.5 Å². The second-order valence-corrected chi connectivity index (χ2v) is 8.21. The SMILES string of the molecule is CC(C)OCCN1C(=O)C(c2ccc(Cl)cc2Cl)=C(N(C)Cc2ccccc2)C1=O. The number of carbonyl (C=O) groups excluding carboxylic acids is 2. The minimum absolute atomic E-state index is 0.0103. The molecule has 2 aromatic carbocycles. The Morgan fingerprint density at radius 2 is 1.73 bits per heavy atom. The van der Waals surface area contributed by atoms with Gasteiger partial charge in [0, 0.05) is 24.2 Å². The number of likely N-dealkylation sites (N-methyl/N-ethyl adjacent to an activating group) is 1. The highest BCUT2D eigenvalue weighted by Crippen LogP contribution is 2.36. The van der Waals surface area contributed by atoms with Crippen molar-refractivity contribution in [2.75, 3.05) is 20.2 Å². The number of hydrogen-bond donors (Lipinski definition) is 0. The van der Waals surface area contributed by atoms with Crippen molar-refractivity contribution in [2.45, 2.75) is 26.5 Å². The fourth-order valence-corrected chi connectivity index (χ4v) is 3.87. The lowest BCUT2D eigenvalue weighted by Gasteiger charge is -2.22. The largest absolute Gasteiger partial charge is 0.377 e. The predicted molar refractivity (Wildman–Crippen MR) is 119 cm³/mol. The molecule has 0 aliphatic carbocycles. The maximum atomic E-state index is 13.3. The lowest BCUT2D eigenvalue weighted by molar-refractivity contribution is -0.138. The molecule has 0 unspecified atom stereocenters. The normalized spacial score (nSPS) is 14.3. The van der Waals surface area contributed by atoms with E-state index in [2.05, 4.69) is 0 Å². The van der Waals surface area contributed by atoms with Gasteiger partial charge in [-0.2, -0.15) is 0 Å². The molecule has 1 aliphatic rings. The van der Waals surface area contributed by atoms with Crippen molar-refractivity contribution in [1.29, 1.82) is 0 Å². The molecule has 0 atom stereocenters. The zero-order chi connectivity index (χ0) is 21.8. The van der Waals surface area contributed by atoms with Crippen LogP contribution >= 0.6 is 23.2 Å². The number of halogens is 2. The summed E-state index contributed by atoms with van der Waals surface area (Å²) in [6, 6.07) is 14.7. The topological polar surface area (TPSA) is 49.9 Å². The van der Waals surface area contributed by atoms with Crippen LogP contribution in [0.2, 0.25) is 10.0 Å². The van der Waals surface area contributed by atoms with Gasteiger partial charge in [-0.25, -0.2) is 0 Å². The van der Waals surface area contributed by atoms with E-state index in [1.807, 2.05) is 44.2 Å². The van der Waals surface area contributed by atoms with E-state index in [0.717, 1.165) is 5.56 Å². The molecule has 0 radical (unpaired) electrons. The molecular formula is C23H24Cl2N2O3. The third kappa shape index (κ3) is 4.86. The van der Waals surface area contributed by atoms with Crippen LogP contribution in [0.5, 0.6) is 0 Å². The van der Waals surface area contributed by atoms with Crippen LogP contribution < -0.4 is 0 Å². The summed E-state index contributed by atoms with van der Waals surface area (Å²) in [5, 5.41) is 0.784. The number of rotatable bonds is 8. The van der Waals surface area contributed by atoms with E-state index in [0.29, 0.717) is 27.9 Å². The molecule has 158 valence electrons. The number of ether oxygens (including phenoxy) is 1. The monoisotopic (exact) mass is 446 g/mol. The number of amides is 2. The molecule has 0 bridgehead atoms. The second kappa shape index (κ2) is 9.65. The van der Waals surface area contributed by atoms with Gasteiger partial charge in [0.25, 0.3) is 11.8 Å². The van der Waals surface area contributed by atoms with Crippen LogP contribution in [0.1, 0.15) is 25.0 Å². The van der Waals surface area contributed by atoms with Crippen molar-refractivity contribution in [1.82, 2.24) is 9.80 Å². The Hall–Kier alpha value is -2.34. The molecule has 0 saturated carbocycles. The third-order valence-electron chi connectivity index (χ3n) is 4.75. The number of hydrogen-bond acceptors (Lipinski definition) is 4.